The molecule has 0 fully saturated rings. The Bertz CT molecular complexity index is 87.5. The maximum atomic E-state index is 11.7. The third kappa shape index (κ3) is 4.04. The molecule has 0 radical (unpaired) electrons. The molecule has 0 rings (SSSR count). The van der Waals surface area contributed by atoms with Gasteiger partial charge in [-0.15, -0.1) is 0 Å². The van der Waals surface area contributed by atoms with Crippen LogP contribution in [0.2, 0.25) is 0 Å². The maximum absolute atomic E-state index is 11.7. The molecule has 0 aromatic rings. The smallest absolute Gasteiger partial charge is 0.197 e. The van der Waals surface area contributed by atoms with E-state index in [2.05, 4.69) is 0 Å². The second-order valence-electron chi connectivity index (χ2n) is 2.57. The Kier molecular flexibility index (Phi) is 5.25. The highest BCUT2D eigenvalue weighted by molar-refractivity contribution is 7.59. The first-order chi connectivity index (χ1) is 3.85. The number of alkyl halides is 3. The van der Waals surface area contributed by atoms with Crippen molar-refractivity contribution in [2.24, 2.45) is 11.8 Å². The van der Waals surface area contributed by atoms with E-state index >= 15 is 0 Å². The van der Waals surface area contributed by atoms with E-state index in [0.717, 1.165) is 0 Å². The lowest BCUT2D eigenvalue weighted by Gasteiger charge is -2.18. The fraction of sp³-hybridized carbons (Fsp3) is 1.00. The highest BCUT2D eigenvalue weighted by atomic mass is 32.1. The molecular formula is C6H13F3S. The van der Waals surface area contributed by atoms with Gasteiger partial charge in [0.2, 0.25) is 0 Å². The van der Waals surface area contributed by atoms with E-state index in [1.54, 1.807) is 13.8 Å². The zero-order valence-corrected chi connectivity index (χ0v) is 7.29. The molecule has 4 heteroatoms. The summed E-state index contributed by atoms with van der Waals surface area (Å²) in [5, 5.41) is 0. The van der Waals surface area contributed by atoms with E-state index in [9.17, 15) is 13.2 Å². The Balaban J connectivity index is 0. The number of rotatable bonds is 1. The predicted octanol–water partition coefficient (Wildman–Crippen LogP) is 2.95. The van der Waals surface area contributed by atoms with Gasteiger partial charge in [-0.2, -0.15) is 26.7 Å². The summed E-state index contributed by atoms with van der Waals surface area (Å²) in [5.41, 5.74) is 0. The number of halogens is 3. The summed E-state index contributed by atoms with van der Waals surface area (Å²) in [6.45, 7) is 4.33. The van der Waals surface area contributed by atoms with Crippen molar-refractivity contribution in [3.8, 4) is 0 Å². The van der Waals surface area contributed by atoms with E-state index in [4.69, 9.17) is 0 Å². The lowest BCUT2D eigenvalue weighted by Crippen LogP contribution is -2.24. The van der Waals surface area contributed by atoms with Gasteiger partial charge in [-0.1, -0.05) is 20.8 Å². The molecule has 0 aliphatic heterocycles. The molecule has 0 unspecified atom stereocenters. The van der Waals surface area contributed by atoms with E-state index in [1.807, 2.05) is 0 Å². The first kappa shape index (κ1) is 12.8. The van der Waals surface area contributed by atoms with Crippen LogP contribution in [0.1, 0.15) is 20.8 Å². The van der Waals surface area contributed by atoms with Crippen LogP contribution in [-0.4, -0.2) is 6.18 Å². The molecule has 0 aromatic heterocycles. The summed E-state index contributed by atoms with van der Waals surface area (Å²) in [7, 11) is 0. The van der Waals surface area contributed by atoms with Crippen LogP contribution in [0.5, 0.6) is 0 Å². The average Bonchev–Trinajstić information content (AvgIpc) is 1.62. The van der Waals surface area contributed by atoms with Crippen molar-refractivity contribution in [3.05, 3.63) is 0 Å². The van der Waals surface area contributed by atoms with Crippen molar-refractivity contribution in [1.29, 1.82) is 0 Å². The lowest BCUT2D eigenvalue weighted by atomic mass is 9.98. The molecule has 0 aromatic carbocycles. The minimum atomic E-state index is -4.02. The van der Waals surface area contributed by atoms with Gasteiger partial charge in [-0.05, 0) is 5.92 Å². The first-order valence-corrected chi connectivity index (χ1v) is 2.92. The van der Waals surface area contributed by atoms with Gasteiger partial charge < -0.3 is 0 Å². The molecule has 10 heavy (non-hydrogen) atoms. The average molecular weight is 174 g/mol. The highest BCUT2D eigenvalue weighted by Gasteiger charge is 2.37. The molecule has 0 amide bonds. The molecule has 0 saturated heterocycles. The Morgan fingerprint density at radius 3 is 1.30 bits per heavy atom. The standard InChI is InChI=1S/C6H11F3.H2S/c1-4(2)5(3)6(7,8)9;/h4-5H,1-3H3;1H2/t5-;/m1./s1. The van der Waals surface area contributed by atoms with Crippen LogP contribution in [0.4, 0.5) is 13.2 Å². The van der Waals surface area contributed by atoms with Gasteiger partial charge in [0.25, 0.3) is 0 Å². The maximum Gasteiger partial charge on any atom is 0.391 e. The molecule has 64 valence electrons. The molecule has 0 N–H and O–H groups in total. The fourth-order valence-electron chi connectivity index (χ4n) is 0.378. The van der Waals surface area contributed by atoms with Crippen molar-refractivity contribution in [1.82, 2.24) is 0 Å². The summed E-state index contributed by atoms with van der Waals surface area (Å²) < 4.78 is 35.1. The second kappa shape index (κ2) is 4.11. The Morgan fingerprint density at radius 2 is 1.30 bits per heavy atom. The Labute approximate surface area is 66.3 Å². The number of hydrogen-bond donors (Lipinski definition) is 0. The highest BCUT2D eigenvalue weighted by Crippen LogP contribution is 2.30. The van der Waals surface area contributed by atoms with Crippen LogP contribution < -0.4 is 0 Å². The van der Waals surface area contributed by atoms with Crippen LogP contribution in [-0.2, 0) is 0 Å². The zero-order chi connectivity index (χ0) is 7.65. The Hall–Kier alpha value is 0.140. The van der Waals surface area contributed by atoms with E-state index < -0.39 is 12.1 Å². The summed E-state index contributed by atoms with van der Waals surface area (Å²) in [6, 6.07) is 0. The van der Waals surface area contributed by atoms with Crippen LogP contribution in [0.3, 0.4) is 0 Å². The molecule has 0 nitrogen and oxygen atoms in total. The van der Waals surface area contributed by atoms with E-state index in [0.29, 0.717) is 0 Å². The molecule has 1 atom stereocenters. The van der Waals surface area contributed by atoms with Gasteiger partial charge in [-0.3, -0.25) is 0 Å². The largest absolute Gasteiger partial charge is 0.391 e. The summed E-state index contributed by atoms with van der Waals surface area (Å²) >= 11 is 0. The predicted molar refractivity (Wildman–Crippen MR) is 40.4 cm³/mol. The van der Waals surface area contributed by atoms with Crippen molar-refractivity contribution >= 4 is 13.5 Å². The van der Waals surface area contributed by atoms with Crippen molar-refractivity contribution < 1.29 is 13.2 Å². The zero-order valence-electron chi connectivity index (χ0n) is 6.29. The Morgan fingerprint density at radius 1 is 1.00 bits per heavy atom. The van der Waals surface area contributed by atoms with E-state index in [1.165, 1.54) is 6.92 Å². The monoisotopic (exact) mass is 174 g/mol. The topological polar surface area (TPSA) is 0 Å². The molecule has 0 aliphatic carbocycles. The molecule has 0 heterocycles. The quantitative estimate of drug-likeness (QED) is 0.573. The van der Waals surface area contributed by atoms with Crippen molar-refractivity contribution in [2.45, 2.75) is 26.9 Å². The SMILES string of the molecule is CC(C)[C@@H](C)C(F)(F)F.S. The first-order valence-electron chi connectivity index (χ1n) is 2.92. The summed E-state index contributed by atoms with van der Waals surface area (Å²) in [6.07, 6.45) is -4.02. The lowest BCUT2D eigenvalue weighted by molar-refractivity contribution is -0.180. The minimum Gasteiger partial charge on any atom is -0.197 e. The summed E-state index contributed by atoms with van der Waals surface area (Å²) in [4.78, 5) is 0. The van der Waals surface area contributed by atoms with Crippen LogP contribution in [0, 0.1) is 11.8 Å². The molecular weight excluding hydrogens is 161 g/mol. The second-order valence-corrected chi connectivity index (χ2v) is 2.57. The van der Waals surface area contributed by atoms with E-state index in [-0.39, 0.29) is 19.4 Å². The molecule has 0 aliphatic rings. The van der Waals surface area contributed by atoms with Crippen LogP contribution >= 0.6 is 13.5 Å². The van der Waals surface area contributed by atoms with Gasteiger partial charge in [0, 0.05) is 0 Å². The third-order valence-electron chi connectivity index (χ3n) is 1.52. The van der Waals surface area contributed by atoms with Gasteiger partial charge in [0.1, 0.15) is 0 Å². The third-order valence-corrected chi connectivity index (χ3v) is 1.52. The summed E-state index contributed by atoms with van der Waals surface area (Å²) in [5.74, 6) is -1.50. The van der Waals surface area contributed by atoms with Gasteiger partial charge in [0.05, 0.1) is 5.92 Å². The molecule has 0 saturated carbocycles. The van der Waals surface area contributed by atoms with Crippen molar-refractivity contribution in [2.75, 3.05) is 0 Å². The fourth-order valence-corrected chi connectivity index (χ4v) is 0.378. The normalized spacial score (nSPS) is 14.7. The van der Waals surface area contributed by atoms with Crippen molar-refractivity contribution in [3.63, 3.8) is 0 Å². The van der Waals surface area contributed by atoms with Crippen LogP contribution in [0.25, 0.3) is 0 Å². The molecule has 0 spiro atoms. The van der Waals surface area contributed by atoms with Gasteiger partial charge in [-0.25, -0.2) is 0 Å². The molecule has 0 bridgehead atoms. The minimum absolute atomic E-state index is 0. The van der Waals surface area contributed by atoms with Crippen LogP contribution in [0.15, 0.2) is 0 Å². The van der Waals surface area contributed by atoms with Gasteiger partial charge >= 0.3 is 6.18 Å². The number of hydrogen-bond acceptors (Lipinski definition) is 0. The van der Waals surface area contributed by atoms with Gasteiger partial charge in [0.15, 0.2) is 0 Å².